The minimum atomic E-state index is 0.134. The summed E-state index contributed by atoms with van der Waals surface area (Å²) in [6.45, 7) is 1.96. The summed E-state index contributed by atoms with van der Waals surface area (Å²) in [5.41, 5.74) is 3.79. The first-order valence-electron chi connectivity index (χ1n) is 9.79. The lowest BCUT2D eigenvalue weighted by Gasteiger charge is -2.04. The summed E-state index contributed by atoms with van der Waals surface area (Å²) >= 11 is 0. The number of rotatable bonds is 5. The van der Waals surface area contributed by atoms with Gasteiger partial charge in [-0.25, -0.2) is 0 Å². The van der Waals surface area contributed by atoms with Gasteiger partial charge in [0.25, 0.3) is 0 Å². The quantitative estimate of drug-likeness (QED) is 0.395. The maximum atomic E-state index is 11.4. The van der Waals surface area contributed by atoms with Gasteiger partial charge in [0.05, 0.1) is 30.2 Å². The second kappa shape index (κ2) is 8.69. The maximum absolute atomic E-state index is 11.4. The Bertz CT molecular complexity index is 1130. The molecule has 1 amide bonds. The molecule has 8 heteroatoms. The van der Waals surface area contributed by atoms with Crippen LogP contribution in [0.3, 0.4) is 0 Å². The number of benzene rings is 2. The molecule has 0 atom stereocenters. The van der Waals surface area contributed by atoms with Gasteiger partial charge >= 0.3 is 0 Å². The molecule has 30 heavy (non-hydrogen) atoms. The summed E-state index contributed by atoms with van der Waals surface area (Å²) in [5.74, 6) is 2.00. The SMILES string of the molecule is COc1ccc(NC(=O)C2CC2)cc1.Cc1[nH]ncc1Nc1n[nH]c2ccccc12. The van der Waals surface area contributed by atoms with E-state index < -0.39 is 0 Å². The van der Waals surface area contributed by atoms with Crippen LogP contribution in [0, 0.1) is 12.8 Å². The van der Waals surface area contributed by atoms with Gasteiger partial charge in [-0.3, -0.25) is 15.0 Å². The molecule has 8 nitrogen and oxygen atoms in total. The van der Waals surface area contributed by atoms with Crippen LogP contribution < -0.4 is 15.4 Å². The Morgan fingerprint density at radius 3 is 2.53 bits per heavy atom. The van der Waals surface area contributed by atoms with Crippen LogP contribution in [0.2, 0.25) is 0 Å². The predicted octanol–water partition coefficient (Wildman–Crippen LogP) is 4.38. The molecule has 4 N–H and O–H groups in total. The molecule has 0 radical (unpaired) electrons. The van der Waals surface area contributed by atoms with Gasteiger partial charge in [0.15, 0.2) is 5.82 Å². The summed E-state index contributed by atoms with van der Waals surface area (Å²) < 4.78 is 5.02. The largest absolute Gasteiger partial charge is 0.497 e. The number of aryl methyl sites for hydroxylation is 1. The van der Waals surface area contributed by atoms with E-state index in [1.165, 1.54) is 0 Å². The Morgan fingerprint density at radius 1 is 1.10 bits per heavy atom. The number of carbonyl (C=O) groups is 1. The number of aromatic nitrogens is 4. The molecule has 4 aromatic rings. The number of amides is 1. The van der Waals surface area contributed by atoms with Crippen LogP contribution in [0.4, 0.5) is 17.2 Å². The van der Waals surface area contributed by atoms with Crippen molar-refractivity contribution in [2.24, 2.45) is 5.92 Å². The minimum Gasteiger partial charge on any atom is -0.497 e. The predicted molar refractivity (Wildman–Crippen MR) is 117 cm³/mol. The van der Waals surface area contributed by atoms with Gasteiger partial charge in [-0.05, 0) is 56.2 Å². The lowest BCUT2D eigenvalue weighted by atomic mass is 10.2. The summed E-state index contributed by atoms with van der Waals surface area (Å²) in [7, 11) is 1.62. The van der Waals surface area contributed by atoms with Crippen LogP contribution in [0.15, 0.2) is 54.7 Å². The number of nitrogens with one attached hydrogen (secondary N) is 4. The molecule has 0 bridgehead atoms. The van der Waals surface area contributed by atoms with Gasteiger partial charge in [-0.1, -0.05) is 12.1 Å². The van der Waals surface area contributed by atoms with E-state index in [9.17, 15) is 4.79 Å². The second-order valence-electron chi connectivity index (χ2n) is 7.14. The Hall–Kier alpha value is -3.81. The number of nitrogens with zero attached hydrogens (tertiary/aromatic N) is 2. The highest BCUT2D eigenvalue weighted by atomic mass is 16.5. The second-order valence-corrected chi connectivity index (χ2v) is 7.14. The third-order valence-electron chi connectivity index (χ3n) is 4.86. The van der Waals surface area contributed by atoms with Crippen LogP contribution in [-0.4, -0.2) is 33.4 Å². The third kappa shape index (κ3) is 4.60. The Kier molecular flexibility index (Phi) is 5.65. The van der Waals surface area contributed by atoms with Gasteiger partial charge in [-0.15, -0.1) is 0 Å². The monoisotopic (exact) mass is 404 g/mol. The van der Waals surface area contributed by atoms with Crippen LogP contribution >= 0.6 is 0 Å². The number of hydrogen-bond acceptors (Lipinski definition) is 5. The molecular formula is C22H24N6O2. The zero-order valence-corrected chi connectivity index (χ0v) is 16.9. The Morgan fingerprint density at radius 2 is 1.87 bits per heavy atom. The molecule has 154 valence electrons. The van der Waals surface area contributed by atoms with Crippen molar-refractivity contribution in [3.8, 4) is 5.75 Å². The molecule has 1 fully saturated rings. The zero-order valence-electron chi connectivity index (χ0n) is 16.9. The van der Waals surface area contributed by atoms with Crippen molar-refractivity contribution in [3.05, 3.63) is 60.4 Å². The molecule has 0 spiro atoms. The van der Waals surface area contributed by atoms with Crippen molar-refractivity contribution < 1.29 is 9.53 Å². The van der Waals surface area contributed by atoms with Crippen LogP contribution in [-0.2, 0) is 4.79 Å². The standard InChI is InChI=1S/C11H11N5.C11H13NO2/c1-7-10(6-12-14-7)13-11-8-4-2-3-5-9(8)15-16-11;1-14-10-6-4-9(5-7-10)12-11(13)8-2-3-8/h2-6H,1H3,(H,12,14)(H2,13,15,16);4-8H,2-3H2,1H3,(H,12,13). The van der Waals surface area contributed by atoms with Gasteiger partial charge < -0.3 is 15.4 Å². The van der Waals surface area contributed by atoms with E-state index in [2.05, 4.69) is 31.0 Å². The van der Waals surface area contributed by atoms with E-state index in [0.29, 0.717) is 0 Å². The van der Waals surface area contributed by atoms with E-state index in [4.69, 9.17) is 4.74 Å². The molecule has 0 saturated heterocycles. The topological polar surface area (TPSA) is 108 Å². The summed E-state index contributed by atoms with van der Waals surface area (Å²) in [4.78, 5) is 11.4. The van der Waals surface area contributed by atoms with E-state index in [1.54, 1.807) is 13.3 Å². The Labute approximate surface area is 174 Å². The van der Waals surface area contributed by atoms with E-state index >= 15 is 0 Å². The number of hydrogen-bond donors (Lipinski definition) is 4. The third-order valence-corrected chi connectivity index (χ3v) is 4.86. The lowest BCUT2D eigenvalue weighted by Crippen LogP contribution is -2.12. The Balaban J connectivity index is 0.000000147. The smallest absolute Gasteiger partial charge is 0.227 e. The normalized spacial score (nSPS) is 12.7. The highest BCUT2D eigenvalue weighted by Crippen LogP contribution is 2.30. The number of carbonyl (C=O) groups excluding carboxylic acids is 1. The molecule has 5 rings (SSSR count). The average molecular weight is 404 g/mol. The van der Waals surface area contributed by atoms with E-state index in [0.717, 1.165) is 52.4 Å². The van der Waals surface area contributed by atoms with E-state index in [1.807, 2.05) is 55.5 Å². The summed E-state index contributed by atoms with van der Waals surface area (Å²) in [5, 5.41) is 21.2. The van der Waals surface area contributed by atoms with Crippen molar-refractivity contribution in [1.82, 2.24) is 20.4 Å². The fraction of sp³-hybridized carbons (Fsp3) is 0.227. The fourth-order valence-electron chi connectivity index (χ4n) is 2.93. The highest BCUT2D eigenvalue weighted by Gasteiger charge is 2.29. The number of fused-ring (bicyclic) bond motifs is 1. The average Bonchev–Trinajstić information content (AvgIpc) is 3.45. The van der Waals surface area contributed by atoms with Gasteiger partial charge in [0.1, 0.15) is 5.75 Å². The van der Waals surface area contributed by atoms with Crippen molar-refractivity contribution in [3.63, 3.8) is 0 Å². The van der Waals surface area contributed by atoms with Crippen molar-refractivity contribution >= 4 is 34.0 Å². The number of para-hydroxylation sites is 1. The minimum absolute atomic E-state index is 0.134. The first-order chi connectivity index (χ1) is 14.6. The molecule has 1 aliphatic rings. The molecule has 1 aliphatic carbocycles. The number of aromatic amines is 2. The fourth-order valence-corrected chi connectivity index (χ4v) is 2.93. The molecule has 2 heterocycles. The van der Waals surface area contributed by atoms with Crippen molar-refractivity contribution in [2.45, 2.75) is 19.8 Å². The first-order valence-corrected chi connectivity index (χ1v) is 9.79. The molecule has 0 unspecified atom stereocenters. The van der Waals surface area contributed by atoms with Gasteiger partial charge in [-0.2, -0.15) is 10.2 Å². The zero-order chi connectivity index (χ0) is 20.9. The van der Waals surface area contributed by atoms with Crippen molar-refractivity contribution in [2.75, 3.05) is 17.7 Å². The van der Waals surface area contributed by atoms with E-state index in [-0.39, 0.29) is 11.8 Å². The highest BCUT2D eigenvalue weighted by molar-refractivity contribution is 5.94. The number of methoxy groups -OCH3 is 1. The molecule has 0 aliphatic heterocycles. The van der Waals surface area contributed by atoms with Crippen molar-refractivity contribution in [1.29, 1.82) is 0 Å². The van der Waals surface area contributed by atoms with Crippen LogP contribution in [0.25, 0.3) is 10.9 Å². The number of ether oxygens (including phenoxy) is 1. The number of H-pyrrole nitrogens is 2. The molecular weight excluding hydrogens is 380 g/mol. The summed E-state index contributed by atoms with van der Waals surface area (Å²) in [6.07, 6.45) is 3.81. The van der Waals surface area contributed by atoms with Crippen LogP contribution in [0.5, 0.6) is 5.75 Å². The van der Waals surface area contributed by atoms with Gasteiger partial charge in [0.2, 0.25) is 5.91 Å². The molecule has 2 aromatic carbocycles. The molecule has 2 aromatic heterocycles. The number of anilines is 3. The maximum Gasteiger partial charge on any atom is 0.227 e. The van der Waals surface area contributed by atoms with Gasteiger partial charge in [0, 0.05) is 17.0 Å². The first kappa shape index (κ1) is 19.5. The molecule has 1 saturated carbocycles. The summed E-state index contributed by atoms with van der Waals surface area (Å²) in [6, 6.07) is 15.4. The van der Waals surface area contributed by atoms with Crippen LogP contribution in [0.1, 0.15) is 18.5 Å². The lowest BCUT2D eigenvalue weighted by molar-refractivity contribution is -0.117.